The fourth-order valence-electron chi connectivity index (χ4n) is 3.74. The Hall–Kier alpha value is -3.68. The Balaban J connectivity index is 1.73. The lowest BCUT2D eigenvalue weighted by Crippen LogP contribution is -2.14. The van der Waals surface area contributed by atoms with Crippen LogP contribution in [-0.2, 0) is 13.6 Å². The molecule has 0 radical (unpaired) electrons. The summed E-state index contributed by atoms with van der Waals surface area (Å²) < 4.78 is 5.20. The van der Waals surface area contributed by atoms with Crippen molar-refractivity contribution in [2.75, 3.05) is 0 Å². The minimum Gasteiger partial charge on any atom is -0.296 e. The van der Waals surface area contributed by atoms with E-state index in [2.05, 4.69) is 22.2 Å². The lowest BCUT2D eigenvalue weighted by atomic mass is 10.1. The van der Waals surface area contributed by atoms with Gasteiger partial charge in [0.15, 0.2) is 5.65 Å². The van der Waals surface area contributed by atoms with Crippen LogP contribution in [0.1, 0.15) is 12.5 Å². The molecule has 4 aromatic heterocycles. The van der Waals surface area contributed by atoms with Crippen molar-refractivity contribution < 1.29 is 0 Å². The van der Waals surface area contributed by atoms with Crippen molar-refractivity contribution in [3.05, 3.63) is 58.8 Å². The standard InChI is InChI=1S/C20H19N7O/c1-4-26-17-6-5-13(7-14(17)10-22-26)16-8-18(28)27-20(24-16)15(11-23-27)19-12(2)9-21-25(19)3/h5-11,23H,4H2,1-3H3. The van der Waals surface area contributed by atoms with Gasteiger partial charge in [0.25, 0.3) is 5.56 Å². The molecule has 8 nitrogen and oxygen atoms in total. The van der Waals surface area contributed by atoms with E-state index in [4.69, 9.17) is 4.98 Å². The molecule has 0 saturated heterocycles. The maximum Gasteiger partial charge on any atom is 0.273 e. The van der Waals surface area contributed by atoms with Crippen LogP contribution in [0.15, 0.2) is 47.7 Å². The molecule has 0 aliphatic carbocycles. The van der Waals surface area contributed by atoms with Gasteiger partial charge in [-0.2, -0.15) is 10.2 Å². The van der Waals surface area contributed by atoms with E-state index in [1.165, 1.54) is 4.52 Å². The zero-order valence-electron chi connectivity index (χ0n) is 15.8. The second-order valence-electron chi connectivity index (χ2n) is 6.86. The Morgan fingerprint density at radius 3 is 2.75 bits per heavy atom. The number of nitrogens with zero attached hydrogens (tertiary/aromatic N) is 6. The summed E-state index contributed by atoms with van der Waals surface area (Å²) in [6, 6.07) is 7.58. The van der Waals surface area contributed by atoms with Crippen LogP contribution in [0, 0.1) is 6.92 Å². The molecular formula is C20H19N7O. The molecule has 28 heavy (non-hydrogen) atoms. The Bertz CT molecular complexity index is 1380. The minimum absolute atomic E-state index is 0.157. The average Bonchev–Trinajstić information content (AvgIpc) is 3.38. The zero-order chi connectivity index (χ0) is 19.4. The number of benzene rings is 1. The third kappa shape index (κ3) is 2.31. The normalized spacial score (nSPS) is 11.7. The highest BCUT2D eigenvalue weighted by Gasteiger charge is 2.16. The van der Waals surface area contributed by atoms with Gasteiger partial charge in [-0.05, 0) is 31.5 Å². The number of aromatic amines is 1. The van der Waals surface area contributed by atoms with Gasteiger partial charge >= 0.3 is 0 Å². The van der Waals surface area contributed by atoms with Crippen LogP contribution >= 0.6 is 0 Å². The number of nitrogens with one attached hydrogen (secondary N) is 1. The fraction of sp³-hybridized carbons (Fsp3) is 0.200. The monoisotopic (exact) mass is 373 g/mol. The summed E-state index contributed by atoms with van der Waals surface area (Å²) in [6.45, 7) is 4.86. The van der Waals surface area contributed by atoms with Crippen molar-refractivity contribution in [3.63, 3.8) is 0 Å². The van der Waals surface area contributed by atoms with Gasteiger partial charge in [0.05, 0.1) is 34.9 Å². The van der Waals surface area contributed by atoms with E-state index >= 15 is 0 Å². The SMILES string of the molecule is CCn1ncc2cc(-c3cc(=O)n4[nH]cc(-c5c(C)cnn5C)c4n3)ccc21. The molecule has 1 N–H and O–H groups in total. The summed E-state index contributed by atoms with van der Waals surface area (Å²) in [7, 11) is 1.88. The van der Waals surface area contributed by atoms with E-state index in [-0.39, 0.29) is 5.56 Å². The molecule has 0 spiro atoms. The molecule has 1 aromatic carbocycles. The third-order valence-electron chi connectivity index (χ3n) is 5.11. The van der Waals surface area contributed by atoms with Crippen molar-refractivity contribution in [1.82, 2.24) is 34.2 Å². The Labute approximate surface area is 160 Å². The number of aryl methyl sites for hydroxylation is 3. The molecule has 0 saturated carbocycles. The van der Waals surface area contributed by atoms with Gasteiger partial charge in [0.2, 0.25) is 0 Å². The number of fused-ring (bicyclic) bond motifs is 2. The number of hydrogen-bond acceptors (Lipinski definition) is 4. The van der Waals surface area contributed by atoms with Crippen molar-refractivity contribution in [1.29, 1.82) is 0 Å². The number of aromatic nitrogens is 7. The van der Waals surface area contributed by atoms with Gasteiger partial charge in [0.1, 0.15) is 0 Å². The van der Waals surface area contributed by atoms with Crippen LogP contribution in [-0.4, -0.2) is 34.2 Å². The second kappa shape index (κ2) is 5.91. The molecule has 0 bridgehead atoms. The van der Waals surface area contributed by atoms with E-state index in [1.807, 2.05) is 43.0 Å². The van der Waals surface area contributed by atoms with Crippen molar-refractivity contribution >= 4 is 16.6 Å². The van der Waals surface area contributed by atoms with Crippen LogP contribution < -0.4 is 5.56 Å². The molecule has 0 atom stereocenters. The lowest BCUT2D eigenvalue weighted by Gasteiger charge is -2.05. The Morgan fingerprint density at radius 1 is 1.14 bits per heavy atom. The summed E-state index contributed by atoms with van der Waals surface area (Å²) in [5.74, 6) is 0. The summed E-state index contributed by atoms with van der Waals surface area (Å²) in [6.07, 6.45) is 5.44. The van der Waals surface area contributed by atoms with Gasteiger partial charge in [-0.25, -0.2) is 9.50 Å². The highest BCUT2D eigenvalue weighted by Crippen LogP contribution is 2.28. The Morgan fingerprint density at radius 2 is 2.00 bits per heavy atom. The lowest BCUT2D eigenvalue weighted by molar-refractivity contribution is 0.684. The summed E-state index contributed by atoms with van der Waals surface area (Å²) in [5.41, 5.74) is 5.81. The molecule has 140 valence electrons. The molecule has 0 fully saturated rings. The first kappa shape index (κ1) is 16.5. The van der Waals surface area contributed by atoms with Crippen LogP contribution in [0.5, 0.6) is 0 Å². The first-order chi connectivity index (χ1) is 13.6. The molecule has 0 aliphatic heterocycles. The molecule has 8 heteroatoms. The first-order valence-corrected chi connectivity index (χ1v) is 9.13. The molecule has 5 aromatic rings. The topological polar surface area (TPSA) is 85.8 Å². The van der Waals surface area contributed by atoms with E-state index in [0.29, 0.717) is 11.3 Å². The summed E-state index contributed by atoms with van der Waals surface area (Å²) in [4.78, 5) is 17.5. The number of hydrogen-bond donors (Lipinski definition) is 1. The Kier molecular flexibility index (Phi) is 3.48. The van der Waals surface area contributed by atoms with Crippen molar-refractivity contribution in [2.24, 2.45) is 7.05 Å². The highest BCUT2D eigenvalue weighted by molar-refractivity contribution is 5.85. The van der Waals surface area contributed by atoms with Gasteiger partial charge in [0, 0.05) is 36.8 Å². The van der Waals surface area contributed by atoms with Crippen LogP contribution in [0.2, 0.25) is 0 Å². The van der Waals surface area contributed by atoms with E-state index in [9.17, 15) is 4.79 Å². The van der Waals surface area contributed by atoms with Crippen LogP contribution in [0.3, 0.4) is 0 Å². The highest BCUT2D eigenvalue weighted by atomic mass is 16.1. The number of H-pyrrole nitrogens is 1. The maximum atomic E-state index is 12.7. The molecule has 4 heterocycles. The first-order valence-electron chi connectivity index (χ1n) is 9.13. The van der Waals surface area contributed by atoms with Crippen LogP contribution in [0.4, 0.5) is 0 Å². The van der Waals surface area contributed by atoms with E-state index in [1.54, 1.807) is 23.1 Å². The van der Waals surface area contributed by atoms with Crippen molar-refractivity contribution in [3.8, 4) is 22.5 Å². The van der Waals surface area contributed by atoms with Gasteiger partial charge in [-0.3, -0.25) is 19.3 Å². The van der Waals surface area contributed by atoms with E-state index in [0.717, 1.165) is 39.8 Å². The van der Waals surface area contributed by atoms with E-state index < -0.39 is 0 Å². The van der Waals surface area contributed by atoms with Gasteiger partial charge < -0.3 is 0 Å². The quantitative estimate of drug-likeness (QED) is 0.527. The predicted octanol–water partition coefficient (Wildman–Crippen LogP) is 2.77. The molecule has 0 aliphatic rings. The zero-order valence-corrected chi connectivity index (χ0v) is 15.8. The van der Waals surface area contributed by atoms with Crippen molar-refractivity contribution in [2.45, 2.75) is 20.4 Å². The predicted molar refractivity (Wildman–Crippen MR) is 107 cm³/mol. The molecule has 5 rings (SSSR count). The molecule has 0 amide bonds. The minimum atomic E-state index is -0.157. The second-order valence-corrected chi connectivity index (χ2v) is 6.86. The maximum absolute atomic E-state index is 12.7. The molecule has 0 unspecified atom stereocenters. The average molecular weight is 373 g/mol. The number of rotatable bonds is 3. The summed E-state index contributed by atoms with van der Waals surface area (Å²) >= 11 is 0. The van der Waals surface area contributed by atoms with Crippen LogP contribution in [0.25, 0.3) is 39.1 Å². The molecular weight excluding hydrogens is 354 g/mol. The largest absolute Gasteiger partial charge is 0.296 e. The smallest absolute Gasteiger partial charge is 0.273 e. The third-order valence-corrected chi connectivity index (χ3v) is 5.11. The van der Waals surface area contributed by atoms with Gasteiger partial charge in [-0.1, -0.05) is 6.07 Å². The van der Waals surface area contributed by atoms with Gasteiger partial charge in [-0.15, -0.1) is 0 Å². The summed E-state index contributed by atoms with van der Waals surface area (Å²) in [5, 5.41) is 12.7. The fourth-order valence-corrected chi connectivity index (χ4v) is 3.74.